The van der Waals surface area contributed by atoms with Crippen LogP contribution in [0.5, 0.6) is 0 Å². The van der Waals surface area contributed by atoms with Crippen molar-refractivity contribution in [1.29, 1.82) is 0 Å². The van der Waals surface area contributed by atoms with Gasteiger partial charge in [0.15, 0.2) is 5.84 Å². The average Bonchev–Trinajstić information content (AvgIpc) is 2.40. The van der Waals surface area contributed by atoms with Crippen molar-refractivity contribution in [2.45, 2.75) is 6.42 Å². The van der Waals surface area contributed by atoms with Crippen molar-refractivity contribution in [3.05, 3.63) is 42.0 Å². The van der Waals surface area contributed by atoms with Crippen molar-refractivity contribution < 1.29 is 5.21 Å². The molecular weight excluding hydrogens is 214 g/mol. The first-order chi connectivity index (χ1) is 8.29. The molecule has 1 aliphatic heterocycles. The highest BCUT2D eigenvalue weighted by molar-refractivity contribution is 5.81. The van der Waals surface area contributed by atoms with E-state index in [1.54, 1.807) is 0 Å². The standard InChI is InChI=1S/C13H17N3O/c14-13(15-17)10-16-8-6-12(7-9-16)11-4-2-1-3-5-11/h1-6,17H,7-10H2,(H2,14,15). The lowest BCUT2D eigenvalue weighted by Gasteiger charge is -2.25. The predicted molar refractivity (Wildman–Crippen MR) is 68.9 cm³/mol. The van der Waals surface area contributed by atoms with E-state index in [1.165, 1.54) is 11.1 Å². The third kappa shape index (κ3) is 3.07. The van der Waals surface area contributed by atoms with Crippen LogP contribution in [0, 0.1) is 0 Å². The van der Waals surface area contributed by atoms with Gasteiger partial charge in [-0.15, -0.1) is 0 Å². The number of oxime groups is 1. The first kappa shape index (κ1) is 11.7. The minimum Gasteiger partial charge on any atom is -0.409 e. The first-order valence-electron chi connectivity index (χ1n) is 5.73. The summed E-state index contributed by atoms with van der Waals surface area (Å²) >= 11 is 0. The van der Waals surface area contributed by atoms with E-state index in [2.05, 4.69) is 40.4 Å². The van der Waals surface area contributed by atoms with Gasteiger partial charge in [-0.05, 0) is 17.6 Å². The topological polar surface area (TPSA) is 61.8 Å². The van der Waals surface area contributed by atoms with Gasteiger partial charge in [-0.25, -0.2) is 0 Å². The van der Waals surface area contributed by atoms with E-state index >= 15 is 0 Å². The highest BCUT2D eigenvalue weighted by atomic mass is 16.4. The summed E-state index contributed by atoms with van der Waals surface area (Å²) in [6.45, 7) is 2.31. The van der Waals surface area contributed by atoms with Crippen LogP contribution in [0.3, 0.4) is 0 Å². The number of amidine groups is 1. The maximum Gasteiger partial charge on any atom is 0.153 e. The van der Waals surface area contributed by atoms with Crippen LogP contribution in [0.2, 0.25) is 0 Å². The van der Waals surface area contributed by atoms with E-state index in [0.29, 0.717) is 6.54 Å². The van der Waals surface area contributed by atoms with Crippen LogP contribution >= 0.6 is 0 Å². The third-order valence-electron chi connectivity index (χ3n) is 2.95. The number of nitrogens with two attached hydrogens (primary N) is 1. The van der Waals surface area contributed by atoms with Gasteiger partial charge < -0.3 is 10.9 Å². The Morgan fingerprint density at radius 3 is 2.71 bits per heavy atom. The Bertz CT molecular complexity index is 426. The van der Waals surface area contributed by atoms with Crippen LogP contribution in [-0.2, 0) is 0 Å². The second-order valence-electron chi connectivity index (χ2n) is 4.17. The third-order valence-corrected chi connectivity index (χ3v) is 2.95. The summed E-state index contributed by atoms with van der Waals surface area (Å²) in [5, 5.41) is 11.5. The van der Waals surface area contributed by atoms with Gasteiger partial charge in [0.1, 0.15) is 0 Å². The molecule has 0 atom stereocenters. The molecular formula is C13H17N3O. The van der Waals surface area contributed by atoms with E-state index < -0.39 is 0 Å². The zero-order valence-corrected chi connectivity index (χ0v) is 9.71. The molecule has 1 heterocycles. The zero-order valence-electron chi connectivity index (χ0n) is 9.71. The number of hydrogen-bond acceptors (Lipinski definition) is 3. The monoisotopic (exact) mass is 231 g/mol. The molecule has 0 unspecified atom stereocenters. The predicted octanol–water partition coefficient (Wildman–Crippen LogP) is 1.52. The first-order valence-corrected chi connectivity index (χ1v) is 5.73. The molecule has 0 saturated heterocycles. The van der Waals surface area contributed by atoms with Crippen LogP contribution in [0.1, 0.15) is 12.0 Å². The smallest absolute Gasteiger partial charge is 0.153 e. The maximum atomic E-state index is 8.52. The Balaban J connectivity index is 1.98. The minimum absolute atomic E-state index is 0.265. The molecule has 0 fully saturated rings. The molecule has 1 aromatic rings. The van der Waals surface area contributed by atoms with E-state index in [-0.39, 0.29) is 5.84 Å². The van der Waals surface area contributed by atoms with Gasteiger partial charge in [0, 0.05) is 13.1 Å². The summed E-state index contributed by atoms with van der Waals surface area (Å²) in [7, 11) is 0. The second kappa shape index (κ2) is 5.50. The summed E-state index contributed by atoms with van der Waals surface area (Å²) in [6.07, 6.45) is 3.21. The van der Waals surface area contributed by atoms with Crippen molar-refractivity contribution in [2.24, 2.45) is 10.9 Å². The molecule has 17 heavy (non-hydrogen) atoms. The molecule has 4 heteroatoms. The molecule has 3 N–H and O–H groups in total. The molecule has 0 aliphatic carbocycles. The van der Waals surface area contributed by atoms with Crippen molar-refractivity contribution in [2.75, 3.05) is 19.6 Å². The summed E-state index contributed by atoms with van der Waals surface area (Å²) < 4.78 is 0. The fourth-order valence-corrected chi connectivity index (χ4v) is 2.03. The minimum atomic E-state index is 0.265. The fourth-order valence-electron chi connectivity index (χ4n) is 2.03. The number of nitrogens with zero attached hydrogens (tertiary/aromatic N) is 2. The van der Waals surface area contributed by atoms with Crippen LogP contribution in [0.25, 0.3) is 5.57 Å². The van der Waals surface area contributed by atoms with Crippen LogP contribution in [0.15, 0.2) is 41.6 Å². The number of hydrogen-bond donors (Lipinski definition) is 2. The molecule has 0 amide bonds. The van der Waals surface area contributed by atoms with Crippen LogP contribution in [0.4, 0.5) is 0 Å². The summed E-state index contributed by atoms with van der Waals surface area (Å²) in [5.74, 6) is 0.265. The molecule has 1 aliphatic rings. The summed E-state index contributed by atoms with van der Waals surface area (Å²) in [5.41, 5.74) is 8.15. The largest absolute Gasteiger partial charge is 0.409 e. The van der Waals surface area contributed by atoms with Crippen LogP contribution in [-0.4, -0.2) is 35.6 Å². The molecule has 1 aromatic carbocycles. The molecule has 0 spiro atoms. The summed E-state index contributed by atoms with van der Waals surface area (Å²) in [4.78, 5) is 2.15. The van der Waals surface area contributed by atoms with Crippen molar-refractivity contribution in [3.63, 3.8) is 0 Å². The lowest BCUT2D eigenvalue weighted by Crippen LogP contribution is -2.36. The fraction of sp³-hybridized carbons (Fsp3) is 0.308. The van der Waals surface area contributed by atoms with E-state index in [9.17, 15) is 0 Å². The zero-order chi connectivity index (χ0) is 12.1. The van der Waals surface area contributed by atoms with E-state index in [4.69, 9.17) is 10.9 Å². The molecule has 0 bridgehead atoms. The lowest BCUT2D eigenvalue weighted by atomic mass is 10.00. The van der Waals surface area contributed by atoms with E-state index in [1.807, 2.05) is 6.07 Å². The molecule has 90 valence electrons. The number of rotatable bonds is 3. The normalized spacial score (nSPS) is 17.9. The van der Waals surface area contributed by atoms with Crippen molar-refractivity contribution in [3.8, 4) is 0 Å². The Morgan fingerprint density at radius 2 is 2.12 bits per heavy atom. The van der Waals surface area contributed by atoms with Gasteiger partial charge in [0.05, 0.1) is 6.54 Å². The van der Waals surface area contributed by atoms with Gasteiger partial charge in [0.2, 0.25) is 0 Å². The van der Waals surface area contributed by atoms with Gasteiger partial charge >= 0.3 is 0 Å². The molecule has 0 aromatic heterocycles. The average molecular weight is 231 g/mol. The molecule has 0 radical (unpaired) electrons. The van der Waals surface area contributed by atoms with E-state index in [0.717, 1.165) is 19.5 Å². The highest BCUT2D eigenvalue weighted by Crippen LogP contribution is 2.21. The van der Waals surface area contributed by atoms with Gasteiger partial charge in [-0.1, -0.05) is 41.6 Å². The molecule has 4 nitrogen and oxygen atoms in total. The Labute approximate surface area is 101 Å². The maximum absolute atomic E-state index is 8.52. The van der Waals surface area contributed by atoms with Crippen molar-refractivity contribution >= 4 is 11.4 Å². The molecule has 2 rings (SSSR count). The Hall–Kier alpha value is -1.81. The Morgan fingerprint density at radius 1 is 1.35 bits per heavy atom. The number of benzene rings is 1. The van der Waals surface area contributed by atoms with Crippen LogP contribution < -0.4 is 5.73 Å². The summed E-state index contributed by atoms with van der Waals surface area (Å²) in [6, 6.07) is 10.4. The van der Waals surface area contributed by atoms with Gasteiger partial charge in [0.25, 0.3) is 0 Å². The molecule has 0 saturated carbocycles. The quantitative estimate of drug-likeness (QED) is 0.359. The van der Waals surface area contributed by atoms with Gasteiger partial charge in [-0.3, -0.25) is 4.90 Å². The highest BCUT2D eigenvalue weighted by Gasteiger charge is 2.13. The van der Waals surface area contributed by atoms with Crippen molar-refractivity contribution in [1.82, 2.24) is 4.90 Å². The second-order valence-corrected chi connectivity index (χ2v) is 4.17. The lowest BCUT2D eigenvalue weighted by molar-refractivity contribution is 0.303. The van der Waals surface area contributed by atoms with Gasteiger partial charge in [-0.2, -0.15) is 0 Å². The Kier molecular flexibility index (Phi) is 3.77. The SMILES string of the molecule is NC(CN1CC=C(c2ccccc2)CC1)=NO.